The topological polar surface area (TPSA) is 93.8 Å². The van der Waals surface area contributed by atoms with E-state index < -0.39 is 0 Å². The predicted molar refractivity (Wildman–Crippen MR) is 88.9 cm³/mol. The van der Waals surface area contributed by atoms with Crippen LogP contribution in [0.1, 0.15) is 10.7 Å². The molecule has 0 saturated carbocycles. The maximum Gasteiger partial charge on any atom is 0.232 e. The van der Waals surface area contributed by atoms with Gasteiger partial charge in [0.05, 0.1) is 12.1 Å². The highest BCUT2D eigenvalue weighted by atomic mass is 32.1. The molecule has 3 rings (SSSR count). The number of aryl methyl sites for hydroxylation is 1. The van der Waals surface area contributed by atoms with Gasteiger partial charge in [0.15, 0.2) is 0 Å². The number of rotatable bonds is 4. The Morgan fingerprint density at radius 1 is 1.27 bits per heavy atom. The summed E-state index contributed by atoms with van der Waals surface area (Å²) in [6, 6.07) is 7.51. The zero-order valence-corrected chi connectivity index (χ0v) is 13.4. The summed E-state index contributed by atoms with van der Waals surface area (Å²) in [7, 11) is 0. The number of carbonyl (C=O) groups is 1. The molecular weight excluding hydrogens is 318 g/mol. The first-order chi connectivity index (χ1) is 10.6. The van der Waals surface area contributed by atoms with E-state index in [0.717, 1.165) is 21.3 Å². The maximum absolute atomic E-state index is 12.0. The summed E-state index contributed by atoms with van der Waals surface area (Å²) in [6.45, 7) is 1.84. The van der Waals surface area contributed by atoms with Crippen LogP contribution in [0, 0.1) is 6.92 Å². The van der Waals surface area contributed by atoms with Crippen molar-refractivity contribution in [3.8, 4) is 10.6 Å². The molecule has 3 N–H and O–H groups in total. The lowest BCUT2D eigenvalue weighted by atomic mass is 10.2. The molecular formula is C14H13N5OS2. The lowest BCUT2D eigenvalue weighted by molar-refractivity contribution is -0.115. The van der Waals surface area contributed by atoms with Crippen LogP contribution in [0.25, 0.3) is 10.6 Å². The number of hydrogen-bond donors (Lipinski definition) is 2. The molecule has 0 bridgehead atoms. The van der Waals surface area contributed by atoms with E-state index in [4.69, 9.17) is 5.73 Å². The Bertz CT molecular complexity index is 794. The molecule has 0 fully saturated rings. The fourth-order valence-electron chi connectivity index (χ4n) is 1.82. The number of hydrogen-bond acceptors (Lipinski definition) is 7. The summed E-state index contributed by atoms with van der Waals surface area (Å²) in [4.78, 5) is 16.4. The van der Waals surface area contributed by atoms with Crippen molar-refractivity contribution in [1.82, 2.24) is 15.2 Å². The molecule has 1 amide bonds. The molecule has 3 aromatic rings. The first-order valence-corrected chi connectivity index (χ1v) is 8.20. The van der Waals surface area contributed by atoms with Gasteiger partial charge < -0.3 is 11.1 Å². The minimum absolute atomic E-state index is 0.148. The van der Waals surface area contributed by atoms with Crippen molar-refractivity contribution in [3.63, 3.8) is 0 Å². The molecule has 2 aromatic heterocycles. The number of anilines is 2. The van der Waals surface area contributed by atoms with E-state index in [1.165, 1.54) is 22.7 Å². The zero-order chi connectivity index (χ0) is 15.5. The number of nitrogen functional groups attached to an aromatic ring is 1. The highest BCUT2D eigenvalue weighted by Crippen LogP contribution is 2.25. The fraction of sp³-hybridized carbons (Fsp3) is 0.143. The second-order valence-corrected chi connectivity index (χ2v) is 6.66. The monoisotopic (exact) mass is 331 g/mol. The van der Waals surface area contributed by atoms with Crippen LogP contribution < -0.4 is 11.1 Å². The Morgan fingerprint density at radius 3 is 2.73 bits per heavy atom. The Labute approximate surface area is 135 Å². The molecule has 0 aliphatic carbocycles. The van der Waals surface area contributed by atoms with Crippen LogP contribution in [-0.4, -0.2) is 21.1 Å². The van der Waals surface area contributed by atoms with Gasteiger partial charge >= 0.3 is 0 Å². The van der Waals surface area contributed by atoms with E-state index in [2.05, 4.69) is 20.5 Å². The number of amides is 1. The third kappa shape index (κ3) is 3.46. The molecule has 0 aliphatic rings. The summed E-state index contributed by atoms with van der Waals surface area (Å²) < 4.78 is 0. The minimum Gasteiger partial charge on any atom is -0.399 e. The van der Waals surface area contributed by atoms with Crippen molar-refractivity contribution in [2.24, 2.45) is 0 Å². The molecule has 8 heteroatoms. The number of nitrogens with two attached hydrogens (primary N) is 1. The standard InChI is InChI=1S/C14H13N5OS2/c1-8-18-19-14(22-8)17-12(20)6-11-7-21-13(16-11)9-2-4-10(15)5-3-9/h2-5,7H,6,15H2,1H3,(H,17,19,20). The first kappa shape index (κ1) is 14.6. The van der Waals surface area contributed by atoms with Gasteiger partial charge in [-0.05, 0) is 31.2 Å². The van der Waals surface area contributed by atoms with Crippen LogP contribution in [-0.2, 0) is 11.2 Å². The summed E-state index contributed by atoms with van der Waals surface area (Å²) >= 11 is 2.85. The highest BCUT2D eigenvalue weighted by molar-refractivity contribution is 7.15. The first-order valence-electron chi connectivity index (χ1n) is 6.50. The van der Waals surface area contributed by atoms with Gasteiger partial charge in [-0.25, -0.2) is 4.98 Å². The Balaban J connectivity index is 1.66. The molecule has 6 nitrogen and oxygen atoms in total. The average Bonchev–Trinajstić information content (AvgIpc) is 3.09. The number of thiazole rings is 1. The third-order valence-corrected chi connectivity index (χ3v) is 4.52. The normalized spacial score (nSPS) is 10.6. The van der Waals surface area contributed by atoms with E-state index in [0.29, 0.717) is 10.8 Å². The van der Waals surface area contributed by atoms with Crippen LogP contribution in [0.5, 0.6) is 0 Å². The van der Waals surface area contributed by atoms with E-state index in [9.17, 15) is 4.79 Å². The van der Waals surface area contributed by atoms with Crippen molar-refractivity contribution in [2.75, 3.05) is 11.1 Å². The van der Waals surface area contributed by atoms with Gasteiger partial charge in [0.25, 0.3) is 0 Å². The molecule has 0 unspecified atom stereocenters. The van der Waals surface area contributed by atoms with Crippen molar-refractivity contribution >= 4 is 39.4 Å². The second-order valence-electron chi connectivity index (χ2n) is 4.62. The Morgan fingerprint density at radius 2 is 2.05 bits per heavy atom. The SMILES string of the molecule is Cc1nnc(NC(=O)Cc2csc(-c3ccc(N)cc3)n2)s1. The molecule has 1 aromatic carbocycles. The Kier molecular flexibility index (Phi) is 4.12. The van der Waals surface area contributed by atoms with Gasteiger partial charge in [-0.15, -0.1) is 21.5 Å². The van der Waals surface area contributed by atoms with E-state index in [-0.39, 0.29) is 12.3 Å². The van der Waals surface area contributed by atoms with Crippen molar-refractivity contribution in [1.29, 1.82) is 0 Å². The predicted octanol–water partition coefficient (Wildman–Crippen LogP) is 2.73. The van der Waals surface area contributed by atoms with Crippen molar-refractivity contribution in [3.05, 3.63) is 40.3 Å². The second kappa shape index (κ2) is 6.20. The zero-order valence-electron chi connectivity index (χ0n) is 11.7. The molecule has 0 saturated heterocycles. The lowest BCUT2D eigenvalue weighted by Gasteiger charge is -1.99. The largest absolute Gasteiger partial charge is 0.399 e. The van der Waals surface area contributed by atoms with Crippen LogP contribution >= 0.6 is 22.7 Å². The van der Waals surface area contributed by atoms with Gasteiger partial charge in [0.1, 0.15) is 10.0 Å². The van der Waals surface area contributed by atoms with E-state index in [1.807, 2.05) is 36.6 Å². The van der Waals surface area contributed by atoms with Gasteiger partial charge in [0, 0.05) is 16.6 Å². The average molecular weight is 331 g/mol. The van der Waals surface area contributed by atoms with Crippen molar-refractivity contribution < 1.29 is 4.79 Å². The molecule has 0 aliphatic heterocycles. The lowest BCUT2D eigenvalue weighted by Crippen LogP contribution is -2.14. The number of nitrogens with one attached hydrogen (secondary N) is 1. The Hall–Kier alpha value is -2.32. The molecule has 0 atom stereocenters. The van der Waals surface area contributed by atoms with E-state index >= 15 is 0 Å². The summed E-state index contributed by atoms with van der Waals surface area (Å²) in [5, 5.41) is 14.5. The van der Waals surface area contributed by atoms with Gasteiger partial charge in [-0.2, -0.15) is 0 Å². The number of carbonyl (C=O) groups excluding carboxylic acids is 1. The van der Waals surface area contributed by atoms with Crippen LogP contribution in [0.2, 0.25) is 0 Å². The molecule has 0 spiro atoms. The van der Waals surface area contributed by atoms with Crippen LogP contribution in [0.3, 0.4) is 0 Å². The number of nitrogens with zero attached hydrogens (tertiary/aromatic N) is 3. The number of aromatic nitrogens is 3. The van der Waals surface area contributed by atoms with Crippen LogP contribution in [0.15, 0.2) is 29.6 Å². The quantitative estimate of drug-likeness (QED) is 0.717. The molecule has 112 valence electrons. The van der Waals surface area contributed by atoms with Gasteiger partial charge in [-0.1, -0.05) is 11.3 Å². The molecule has 22 heavy (non-hydrogen) atoms. The number of benzene rings is 1. The summed E-state index contributed by atoms with van der Waals surface area (Å²) in [6.07, 6.45) is 0.212. The fourth-order valence-corrected chi connectivity index (χ4v) is 3.26. The van der Waals surface area contributed by atoms with Gasteiger partial charge in [0.2, 0.25) is 11.0 Å². The minimum atomic E-state index is -0.148. The molecule has 2 heterocycles. The van der Waals surface area contributed by atoms with Crippen LogP contribution in [0.4, 0.5) is 10.8 Å². The van der Waals surface area contributed by atoms with Gasteiger partial charge in [-0.3, -0.25) is 4.79 Å². The highest BCUT2D eigenvalue weighted by Gasteiger charge is 2.11. The summed E-state index contributed by atoms with van der Waals surface area (Å²) in [5.41, 5.74) is 8.11. The maximum atomic E-state index is 12.0. The molecule has 0 radical (unpaired) electrons. The summed E-state index contributed by atoms with van der Waals surface area (Å²) in [5.74, 6) is -0.148. The smallest absolute Gasteiger partial charge is 0.232 e. The third-order valence-electron chi connectivity index (χ3n) is 2.82. The van der Waals surface area contributed by atoms with Crippen molar-refractivity contribution in [2.45, 2.75) is 13.3 Å². The van der Waals surface area contributed by atoms with E-state index in [1.54, 1.807) is 0 Å².